The van der Waals surface area contributed by atoms with Gasteiger partial charge < -0.3 is 70.7 Å². The molecule has 0 bridgehead atoms. The molecule has 0 aliphatic rings. The number of nitrogens with two attached hydrogens (primary N) is 5. The fraction of sp³-hybridized carbons (Fsp3) is 0.489. The number of nitrogens with zero attached hydrogens (tertiary/aromatic N) is 1. The summed E-state index contributed by atoms with van der Waals surface area (Å²) in [5, 5.41) is 25.7. The van der Waals surface area contributed by atoms with Gasteiger partial charge in [0.15, 0.2) is 5.96 Å². The second-order valence-corrected chi connectivity index (χ2v) is 16.6. The number of hydrogen-bond acceptors (Lipinski definition) is 11. The van der Waals surface area contributed by atoms with E-state index in [4.69, 9.17) is 33.8 Å². The Labute approximate surface area is 389 Å². The van der Waals surface area contributed by atoms with Crippen molar-refractivity contribution >= 4 is 64.2 Å². The normalized spacial score (nSPS) is 13.7. The number of aliphatic carboxylic acids is 1. The van der Waals surface area contributed by atoms with Gasteiger partial charge in [0, 0.05) is 42.9 Å². The molecule has 7 amide bonds. The van der Waals surface area contributed by atoms with Crippen molar-refractivity contribution in [1.82, 2.24) is 36.9 Å². The summed E-state index contributed by atoms with van der Waals surface area (Å²) in [6, 6.07) is 9.01. The summed E-state index contributed by atoms with van der Waals surface area (Å²) in [5.41, 5.74) is 30.4. The van der Waals surface area contributed by atoms with Crippen molar-refractivity contribution in [2.75, 3.05) is 19.6 Å². The molecule has 22 nitrogen and oxygen atoms in total. The number of primary amides is 1. The molecule has 1 aromatic heterocycles. The predicted octanol–water partition coefficient (Wildman–Crippen LogP) is -1.60. The zero-order valence-corrected chi connectivity index (χ0v) is 38.1. The number of para-hydroxylation sites is 1. The molecule has 22 heteroatoms. The summed E-state index contributed by atoms with van der Waals surface area (Å²) in [5.74, 6) is -6.67. The van der Waals surface area contributed by atoms with Crippen LogP contribution in [0.5, 0.6) is 0 Å². The number of amides is 7. The second kappa shape index (κ2) is 28.1. The van der Waals surface area contributed by atoms with Crippen molar-refractivity contribution in [2.45, 2.75) is 114 Å². The number of aromatic amines is 1. The Bertz CT molecular complexity index is 2160. The van der Waals surface area contributed by atoms with E-state index in [1.165, 1.54) is 0 Å². The minimum Gasteiger partial charge on any atom is -0.481 e. The molecular weight excluding hydrogens is 867 g/mol. The lowest BCUT2D eigenvalue weighted by atomic mass is 9.99. The number of hydrogen-bond donors (Lipinski definition) is 13. The van der Waals surface area contributed by atoms with Gasteiger partial charge in [0.2, 0.25) is 41.4 Å². The highest BCUT2D eigenvalue weighted by Gasteiger charge is 2.32. The van der Waals surface area contributed by atoms with Crippen molar-refractivity contribution in [3.63, 3.8) is 0 Å². The third kappa shape index (κ3) is 19.5. The number of carboxylic acid groups (broad SMARTS) is 1. The SMILES string of the molecule is CC(C)C[C@H](NC(=O)[C@H](Cc1c[nH]c2ccccc12)NC(=O)[C@@H](N)CCC(=O)O)C(=O)N[C@@H](CCCCN)C(=O)NCC(=O)N[C@@H](CCCN=C(N)N)C(=O)N[C@@H](Cc1ccccc1)C(N)=O. The molecule has 6 atom stereocenters. The topological polar surface area (TPSA) is 387 Å². The van der Waals surface area contributed by atoms with Crippen LogP contribution in [-0.2, 0) is 51.2 Å². The maximum atomic E-state index is 14.1. The third-order valence-electron chi connectivity index (χ3n) is 10.6. The Morgan fingerprint density at radius 3 is 1.93 bits per heavy atom. The lowest BCUT2D eigenvalue weighted by Crippen LogP contribution is -2.59. The van der Waals surface area contributed by atoms with E-state index in [-0.39, 0.29) is 69.8 Å². The molecule has 0 spiro atoms. The zero-order valence-electron chi connectivity index (χ0n) is 38.1. The summed E-state index contributed by atoms with van der Waals surface area (Å²) in [6.07, 6.45) is 2.66. The third-order valence-corrected chi connectivity index (χ3v) is 10.6. The van der Waals surface area contributed by atoms with Crippen LogP contribution in [0.2, 0.25) is 0 Å². The Hall–Kier alpha value is -7.07. The van der Waals surface area contributed by atoms with E-state index >= 15 is 0 Å². The van der Waals surface area contributed by atoms with Gasteiger partial charge in [-0.15, -0.1) is 0 Å². The average molecular weight is 934 g/mol. The predicted molar refractivity (Wildman–Crippen MR) is 251 cm³/mol. The van der Waals surface area contributed by atoms with Crippen molar-refractivity contribution in [2.24, 2.45) is 39.6 Å². The molecule has 0 aliphatic carbocycles. The van der Waals surface area contributed by atoms with Gasteiger partial charge in [0.1, 0.15) is 30.2 Å². The molecule has 0 saturated carbocycles. The number of carbonyl (C=O) groups is 8. The maximum Gasteiger partial charge on any atom is 0.303 e. The van der Waals surface area contributed by atoms with Crippen molar-refractivity contribution in [1.29, 1.82) is 0 Å². The van der Waals surface area contributed by atoms with Crippen molar-refractivity contribution < 1.29 is 43.5 Å². The second-order valence-electron chi connectivity index (χ2n) is 16.6. The van der Waals surface area contributed by atoms with E-state index in [2.05, 4.69) is 41.9 Å². The summed E-state index contributed by atoms with van der Waals surface area (Å²) < 4.78 is 0. The van der Waals surface area contributed by atoms with Gasteiger partial charge in [-0.2, -0.15) is 0 Å². The van der Waals surface area contributed by atoms with E-state index in [0.29, 0.717) is 24.9 Å². The molecule has 67 heavy (non-hydrogen) atoms. The Morgan fingerprint density at radius 1 is 0.672 bits per heavy atom. The first-order valence-corrected chi connectivity index (χ1v) is 22.3. The number of unbranched alkanes of at least 4 members (excludes halogenated alkanes) is 1. The smallest absolute Gasteiger partial charge is 0.303 e. The Morgan fingerprint density at radius 2 is 1.27 bits per heavy atom. The molecule has 0 aliphatic heterocycles. The van der Waals surface area contributed by atoms with E-state index in [1.54, 1.807) is 36.5 Å². The van der Waals surface area contributed by atoms with E-state index in [9.17, 15) is 38.4 Å². The molecule has 0 saturated heterocycles. The summed E-state index contributed by atoms with van der Waals surface area (Å²) in [6.45, 7) is 3.48. The minimum atomic E-state index is -1.25. The number of guanidine groups is 1. The monoisotopic (exact) mass is 934 g/mol. The highest BCUT2D eigenvalue weighted by Crippen LogP contribution is 2.20. The zero-order chi connectivity index (χ0) is 49.5. The molecule has 0 unspecified atom stereocenters. The van der Waals surface area contributed by atoms with Crippen molar-refractivity contribution in [3.8, 4) is 0 Å². The largest absolute Gasteiger partial charge is 0.481 e. The van der Waals surface area contributed by atoms with E-state index < -0.39 is 90.1 Å². The first-order chi connectivity index (χ1) is 31.9. The van der Waals surface area contributed by atoms with Gasteiger partial charge in [-0.25, -0.2) is 0 Å². The molecular formula is C45H67N13O9. The van der Waals surface area contributed by atoms with Crippen LogP contribution in [-0.4, -0.2) is 119 Å². The van der Waals surface area contributed by atoms with Gasteiger partial charge in [0.25, 0.3) is 0 Å². The highest BCUT2D eigenvalue weighted by molar-refractivity contribution is 5.97. The lowest BCUT2D eigenvalue weighted by molar-refractivity contribution is -0.137. The average Bonchev–Trinajstić information content (AvgIpc) is 3.69. The fourth-order valence-electron chi connectivity index (χ4n) is 7.08. The van der Waals surface area contributed by atoms with Crippen LogP contribution in [0.15, 0.2) is 65.8 Å². The number of fused-ring (bicyclic) bond motifs is 1. The van der Waals surface area contributed by atoms with Gasteiger partial charge in [-0.3, -0.25) is 43.3 Å². The van der Waals surface area contributed by atoms with Crippen LogP contribution in [0.1, 0.15) is 76.3 Å². The number of aromatic nitrogens is 1. The quantitative estimate of drug-likeness (QED) is 0.0204. The van der Waals surface area contributed by atoms with Crippen LogP contribution in [0.25, 0.3) is 10.9 Å². The maximum absolute atomic E-state index is 14.1. The number of aliphatic imine (C=N–C) groups is 1. The number of benzene rings is 2. The fourth-order valence-corrected chi connectivity index (χ4v) is 7.08. The van der Waals surface area contributed by atoms with Crippen LogP contribution >= 0.6 is 0 Å². The van der Waals surface area contributed by atoms with Crippen LogP contribution < -0.4 is 60.6 Å². The number of rotatable bonds is 30. The van der Waals surface area contributed by atoms with E-state index in [0.717, 1.165) is 16.5 Å². The first-order valence-electron chi connectivity index (χ1n) is 22.3. The standard InChI is InChI=1S/C45H67N13O9/c1-26(2)21-35(58-44(67)36(57-40(63)30(47)17-18-38(60)61)23-28-24-52-31-14-7-6-13-29(28)31)43(66)55-32(15-8-9-19-46)41(64)53-25-37(59)54-33(16-10-20-51-45(49)50)42(65)56-34(39(48)62)22-27-11-4-3-5-12-27/h3-7,11-14,24,26,30,32-36,52H,8-10,15-23,25,46-47H2,1-2H3,(H2,48,62)(H,53,64)(H,54,59)(H,55,66)(H,56,65)(H,57,63)(H,58,67)(H,60,61)(H4,49,50,51)/t30-,32-,33-,34-,35-,36-/m0/s1. The minimum absolute atomic E-state index is 0.0202. The van der Waals surface area contributed by atoms with Crippen LogP contribution in [0.3, 0.4) is 0 Å². The molecule has 1 heterocycles. The highest BCUT2D eigenvalue weighted by atomic mass is 16.4. The van der Waals surface area contributed by atoms with Crippen LogP contribution in [0, 0.1) is 5.92 Å². The molecule has 18 N–H and O–H groups in total. The van der Waals surface area contributed by atoms with Gasteiger partial charge in [-0.05, 0) is 74.6 Å². The molecule has 0 radical (unpaired) electrons. The van der Waals surface area contributed by atoms with Crippen molar-refractivity contribution in [3.05, 3.63) is 71.9 Å². The Balaban J connectivity index is 1.77. The number of carboxylic acids is 1. The molecule has 0 fully saturated rings. The van der Waals surface area contributed by atoms with E-state index in [1.807, 2.05) is 38.1 Å². The summed E-state index contributed by atoms with van der Waals surface area (Å²) in [7, 11) is 0. The molecule has 366 valence electrons. The number of carbonyl (C=O) groups excluding carboxylic acids is 7. The lowest BCUT2D eigenvalue weighted by Gasteiger charge is -2.27. The van der Waals surface area contributed by atoms with Gasteiger partial charge in [0.05, 0.1) is 12.6 Å². The molecule has 3 aromatic rings. The Kier molecular flexibility index (Phi) is 22.7. The first kappa shape index (κ1) is 54.3. The molecule has 2 aromatic carbocycles. The number of nitrogens with one attached hydrogen (secondary N) is 7. The number of H-pyrrole nitrogens is 1. The van der Waals surface area contributed by atoms with Crippen LogP contribution in [0.4, 0.5) is 0 Å². The summed E-state index contributed by atoms with van der Waals surface area (Å²) >= 11 is 0. The summed E-state index contributed by atoms with van der Waals surface area (Å²) in [4.78, 5) is 112. The van der Waals surface area contributed by atoms with Gasteiger partial charge in [-0.1, -0.05) is 62.4 Å². The van der Waals surface area contributed by atoms with Gasteiger partial charge >= 0.3 is 5.97 Å². The molecule has 3 rings (SSSR count).